The molecule has 11 heavy (non-hydrogen) atoms. The van der Waals surface area contributed by atoms with Crippen molar-refractivity contribution < 1.29 is 9.90 Å². The van der Waals surface area contributed by atoms with E-state index in [4.69, 9.17) is 0 Å². The molecule has 3 heteroatoms. The van der Waals surface area contributed by atoms with Crippen molar-refractivity contribution in [2.75, 3.05) is 0 Å². The van der Waals surface area contributed by atoms with E-state index in [-0.39, 0.29) is 10.7 Å². The zero-order chi connectivity index (χ0) is 8.22. The Labute approximate surface area is 74.1 Å². The van der Waals surface area contributed by atoms with Gasteiger partial charge in [-0.3, -0.25) is 4.79 Å². The summed E-state index contributed by atoms with van der Waals surface area (Å²) in [4.78, 5) is 11.1. The van der Waals surface area contributed by atoms with Gasteiger partial charge in [0.25, 0.3) is 0 Å². The minimum Gasteiger partial charge on any atom is -0.389 e. The monoisotopic (exact) mass is 218 g/mol. The minimum atomic E-state index is -0.665. The van der Waals surface area contributed by atoms with Crippen molar-refractivity contribution in [1.82, 2.24) is 0 Å². The van der Waals surface area contributed by atoms with E-state index in [0.717, 1.165) is 6.42 Å². The van der Waals surface area contributed by atoms with E-state index in [9.17, 15) is 9.90 Å². The summed E-state index contributed by atoms with van der Waals surface area (Å²) in [7, 11) is 0. The van der Waals surface area contributed by atoms with Gasteiger partial charge in [0.2, 0.25) is 0 Å². The fourth-order valence-corrected chi connectivity index (χ4v) is 3.17. The van der Waals surface area contributed by atoms with Crippen LogP contribution in [-0.4, -0.2) is 21.3 Å². The van der Waals surface area contributed by atoms with Gasteiger partial charge >= 0.3 is 0 Å². The highest BCUT2D eigenvalue weighted by atomic mass is 79.9. The summed E-state index contributed by atoms with van der Waals surface area (Å²) >= 11 is 3.39. The first-order chi connectivity index (χ1) is 5.02. The Hall–Kier alpha value is 0.110. The molecule has 0 amide bonds. The molecule has 2 rings (SSSR count). The van der Waals surface area contributed by atoms with E-state index in [0.29, 0.717) is 18.1 Å². The average Bonchev–Trinajstić information content (AvgIpc) is 2.01. The molecule has 0 unspecified atom stereocenters. The highest BCUT2D eigenvalue weighted by molar-refractivity contribution is 9.09. The third-order valence-corrected chi connectivity index (χ3v) is 4.48. The smallest absolute Gasteiger partial charge is 0.137 e. The van der Waals surface area contributed by atoms with E-state index in [1.165, 1.54) is 0 Å². The van der Waals surface area contributed by atoms with E-state index in [2.05, 4.69) is 15.9 Å². The molecule has 4 atom stereocenters. The summed E-state index contributed by atoms with van der Waals surface area (Å²) in [5.41, 5.74) is -0.665. The zero-order valence-electron chi connectivity index (χ0n) is 6.38. The number of ketones is 1. The second-order valence-electron chi connectivity index (χ2n) is 3.92. The van der Waals surface area contributed by atoms with Crippen molar-refractivity contribution in [1.29, 1.82) is 0 Å². The summed E-state index contributed by atoms with van der Waals surface area (Å²) in [6, 6.07) is 0. The molecule has 0 radical (unpaired) electrons. The van der Waals surface area contributed by atoms with Crippen molar-refractivity contribution in [3.63, 3.8) is 0 Å². The maximum Gasteiger partial charge on any atom is 0.137 e. The van der Waals surface area contributed by atoms with Crippen molar-refractivity contribution in [3.8, 4) is 0 Å². The fraction of sp³-hybridized carbons (Fsp3) is 0.875. The quantitative estimate of drug-likeness (QED) is 0.619. The molecule has 2 nitrogen and oxygen atoms in total. The molecule has 0 aromatic rings. The molecule has 2 saturated carbocycles. The number of hydrogen-bond acceptors (Lipinski definition) is 2. The summed E-state index contributed by atoms with van der Waals surface area (Å²) in [5, 5.41) is 9.76. The van der Waals surface area contributed by atoms with Gasteiger partial charge in [0.15, 0.2) is 0 Å². The normalized spacial score (nSPS) is 55.5. The molecule has 0 aliphatic heterocycles. The third kappa shape index (κ3) is 0.905. The first kappa shape index (κ1) is 7.74. The van der Waals surface area contributed by atoms with Crippen molar-refractivity contribution in [2.45, 2.75) is 30.2 Å². The molecule has 2 fully saturated rings. The molecule has 2 aliphatic rings. The Morgan fingerprint density at radius 1 is 1.73 bits per heavy atom. The molecular weight excluding hydrogens is 208 g/mol. The fourth-order valence-electron chi connectivity index (χ4n) is 2.26. The van der Waals surface area contributed by atoms with Gasteiger partial charge in [-0.25, -0.2) is 0 Å². The van der Waals surface area contributed by atoms with E-state index in [1.54, 1.807) is 6.92 Å². The lowest BCUT2D eigenvalue weighted by Crippen LogP contribution is -2.39. The molecule has 0 saturated heterocycles. The average molecular weight is 219 g/mol. The van der Waals surface area contributed by atoms with Crippen molar-refractivity contribution >= 4 is 21.7 Å². The van der Waals surface area contributed by atoms with Crippen LogP contribution in [0.15, 0.2) is 0 Å². The van der Waals surface area contributed by atoms with Crippen molar-refractivity contribution in [3.05, 3.63) is 0 Å². The van der Waals surface area contributed by atoms with Crippen LogP contribution in [0.2, 0.25) is 0 Å². The Morgan fingerprint density at radius 2 is 2.36 bits per heavy atom. The highest BCUT2D eigenvalue weighted by Crippen LogP contribution is 2.52. The van der Waals surface area contributed by atoms with Crippen LogP contribution >= 0.6 is 15.9 Å². The van der Waals surface area contributed by atoms with Crippen LogP contribution in [0.3, 0.4) is 0 Å². The number of hydrogen-bond donors (Lipinski definition) is 1. The Balaban J connectivity index is 2.22. The van der Waals surface area contributed by atoms with Crippen LogP contribution < -0.4 is 0 Å². The zero-order valence-corrected chi connectivity index (χ0v) is 7.97. The molecule has 0 heterocycles. The molecule has 0 aromatic carbocycles. The van der Waals surface area contributed by atoms with E-state index in [1.807, 2.05) is 0 Å². The van der Waals surface area contributed by atoms with Crippen LogP contribution in [0, 0.1) is 11.8 Å². The lowest BCUT2D eigenvalue weighted by atomic mass is 9.75. The number of alkyl halides is 1. The number of carbonyl (C=O) groups is 1. The first-order valence-corrected chi connectivity index (χ1v) is 4.83. The Morgan fingerprint density at radius 3 is 2.73 bits per heavy atom. The predicted octanol–water partition coefficient (Wildman–Crippen LogP) is 1.11. The summed E-state index contributed by atoms with van der Waals surface area (Å²) in [6.45, 7) is 1.80. The molecule has 0 spiro atoms. The maximum absolute atomic E-state index is 11.1. The summed E-state index contributed by atoms with van der Waals surface area (Å²) in [6.07, 6.45) is 1.46. The van der Waals surface area contributed by atoms with E-state index >= 15 is 0 Å². The number of carbonyl (C=O) groups excluding carboxylic acids is 1. The number of rotatable bonds is 0. The van der Waals surface area contributed by atoms with Crippen LogP contribution in [0.25, 0.3) is 0 Å². The Bertz CT molecular complexity index is 212. The first-order valence-electron chi connectivity index (χ1n) is 3.91. The SMILES string of the molecule is C[C@@]1(O)C[C@@H]2CC(=O)[C@@H]2[C@H]1Br. The highest BCUT2D eigenvalue weighted by Gasteiger charge is 2.57. The van der Waals surface area contributed by atoms with Crippen LogP contribution in [-0.2, 0) is 4.79 Å². The number of aliphatic hydroxyl groups is 1. The number of halogens is 1. The molecule has 0 bridgehead atoms. The van der Waals surface area contributed by atoms with Crippen molar-refractivity contribution in [2.24, 2.45) is 11.8 Å². The lowest BCUT2D eigenvalue weighted by Gasteiger charge is -2.30. The molecule has 0 aromatic heterocycles. The van der Waals surface area contributed by atoms with Gasteiger partial charge in [-0.05, 0) is 19.3 Å². The summed E-state index contributed by atoms with van der Waals surface area (Å²) < 4.78 is 0. The second-order valence-corrected chi connectivity index (χ2v) is 4.91. The Kier molecular flexibility index (Phi) is 1.46. The predicted molar refractivity (Wildman–Crippen MR) is 44.6 cm³/mol. The molecule has 1 N–H and O–H groups in total. The molecule has 62 valence electrons. The van der Waals surface area contributed by atoms with Gasteiger partial charge < -0.3 is 5.11 Å². The molecular formula is C8H11BrO2. The molecule has 2 aliphatic carbocycles. The van der Waals surface area contributed by atoms with Gasteiger partial charge in [-0.1, -0.05) is 15.9 Å². The van der Waals surface area contributed by atoms with Crippen LogP contribution in [0.4, 0.5) is 0 Å². The standard InChI is InChI=1S/C8H11BrO2/c1-8(11)3-4-2-5(10)6(4)7(8)9/h4,6-7,11H,2-3H2,1H3/t4-,6+,7+,8+/m0/s1. The van der Waals surface area contributed by atoms with Gasteiger partial charge in [0, 0.05) is 12.3 Å². The minimum absolute atomic E-state index is 0.0127. The maximum atomic E-state index is 11.1. The van der Waals surface area contributed by atoms with Gasteiger partial charge in [-0.2, -0.15) is 0 Å². The van der Waals surface area contributed by atoms with Crippen LogP contribution in [0.5, 0.6) is 0 Å². The van der Waals surface area contributed by atoms with Gasteiger partial charge in [0.05, 0.1) is 10.4 Å². The largest absolute Gasteiger partial charge is 0.389 e. The topological polar surface area (TPSA) is 37.3 Å². The van der Waals surface area contributed by atoms with Crippen LogP contribution in [0.1, 0.15) is 19.8 Å². The van der Waals surface area contributed by atoms with Gasteiger partial charge in [-0.15, -0.1) is 0 Å². The second kappa shape index (κ2) is 2.07. The number of Topliss-reactive ketones (excluding diaryl/α,β-unsaturated/α-hetero) is 1. The van der Waals surface area contributed by atoms with E-state index < -0.39 is 5.60 Å². The van der Waals surface area contributed by atoms with Gasteiger partial charge in [0.1, 0.15) is 5.78 Å². The summed E-state index contributed by atoms with van der Waals surface area (Å²) in [5.74, 6) is 0.863. The lowest BCUT2D eigenvalue weighted by molar-refractivity contribution is -0.132. The number of fused-ring (bicyclic) bond motifs is 1. The third-order valence-electron chi connectivity index (χ3n) is 2.93.